The second kappa shape index (κ2) is 2.36. The van der Waals surface area contributed by atoms with Crippen LogP contribution >= 0.6 is 0 Å². The highest BCUT2D eigenvalue weighted by molar-refractivity contribution is 5.65. The third kappa shape index (κ3) is 1.06. The van der Waals surface area contributed by atoms with Gasteiger partial charge in [0.2, 0.25) is 0 Å². The largest absolute Gasteiger partial charge is 0.465 e. The lowest BCUT2D eigenvalue weighted by molar-refractivity contribution is 0.104. The van der Waals surface area contributed by atoms with Crippen LogP contribution < -0.4 is 5.73 Å². The van der Waals surface area contributed by atoms with Crippen molar-refractivity contribution in [3.63, 3.8) is 0 Å². The molecule has 0 radical (unpaired) electrons. The van der Waals surface area contributed by atoms with E-state index in [4.69, 9.17) is 10.8 Å². The van der Waals surface area contributed by atoms with E-state index in [0.29, 0.717) is 19.1 Å². The highest BCUT2D eigenvalue weighted by atomic mass is 16.4. The number of likely N-dealkylation sites (tertiary alicyclic amines) is 1. The maximum Gasteiger partial charge on any atom is 0.407 e. The fourth-order valence-electron chi connectivity index (χ4n) is 2.48. The summed E-state index contributed by atoms with van der Waals surface area (Å²) in [4.78, 5) is 12.1. The zero-order chi connectivity index (χ0) is 8.77. The van der Waals surface area contributed by atoms with E-state index in [1.807, 2.05) is 0 Å². The Balaban J connectivity index is 1.95. The smallest absolute Gasteiger partial charge is 0.407 e. The van der Waals surface area contributed by atoms with E-state index >= 15 is 0 Å². The van der Waals surface area contributed by atoms with E-state index in [2.05, 4.69) is 0 Å². The summed E-state index contributed by atoms with van der Waals surface area (Å²) in [5.74, 6) is 0. The van der Waals surface area contributed by atoms with Crippen LogP contribution in [0.2, 0.25) is 0 Å². The quantitative estimate of drug-likeness (QED) is 0.555. The monoisotopic (exact) mass is 170 g/mol. The van der Waals surface area contributed by atoms with Crippen molar-refractivity contribution < 1.29 is 9.90 Å². The molecule has 3 N–H and O–H groups in total. The highest BCUT2D eigenvalue weighted by Crippen LogP contribution is 2.47. The summed E-state index contributed by atoms with van der Waals surface area (Å²) < 4.78 is 0. The van der Waals surface area contributed by atoms with E-state index in [1.54, 1.807) is 0 Å². The van der Waals surface area contributed by atoms with Crippen LogP contribution in [0.3, 0.4) is 0 Å². The van der Waals surface area contributed by atoms with Crippen molar-refractivity contribution >= 4 is 6.09 Å². The van der Waals surface area contributed by atoms with Gasteiger partial charge in [-0.25, -0.2) is 4.79 Å². The Morgan fingerprint density at radius 3 is 2.67 bits per heavy atom. The van der Waals surface area contributed by atoms with Crippen molar-refractivity contribution in [1.29, 1.82) is 0 Å². The maximum absolute atomic E-state index is 10.6. The highest BCUT2D eigenvalue weighted by Gasteiger charge is 2.48. The van der Waals surface area contributed by atoms with Crippen LogP contribution in [0.15, 0.2) is 0 Å². The fourth-order valence-corrected chi connectivity index (χ4v) is 2.48. The molecule has 0 aromatic rings. The van der Waals surface area contributed by atoms with Crippen LogP contribution in [0.5, 0.6) is 0 Å². The van der Waals surface area contributed by atoms with Crippen molar-refractivity contribution in [3.05, 3.63) is 0 Å². The van der Waals surface area contributed by atoms with Crippen LogP contribution in [0.1, 0.15) is 19.3 Å². The first-order valence-corrected chi connectivity index (χ1v) is 4.35. The molecule has 68 valence electrons. The van der Waals surface area contributed by atoms with E-state index < -0.39 is 6.09 Å². The van der Waals surface area contributed by atoms with Crippen LogP contribution in [0.25, 0.3) is 0 Å². The van der Waals surface area contributed by atoms with Gasteiger partial charge in [0.25, 0.3) is 0 Å². The lowest BCUT2D eigenvalue weighted by atomic mass is 9.65. The average molecular weight is 170 g/mol. The second-order valence-electron chi connectivity index (χ2n) is 4.12. The molecule has 12 heavy (non-hydrogen) atoms. The second-order valence-corrected chi connectivity index (χ2v) is 4.12. The Morgan fingerprint density at radius 2 is 2.25 bits per heavy atom. The Kier molecular flexibility index (Phi) is 1.54. The maximum atomic E-state index is 10.6. The standard InChI is InChI=1S/C8H14N2O2/c9-6-3-8(4-6)1-2-10(5-8)7(11)12/h6H,1-5,9H2,(H,11,12). The van der Waals surface area contributed by atoms with Crippen molar-refractivity contribution in [2.24, 2.45) is 11.1 Å². The number of carbonyl (C=O) groups is 1. The molecular formula is C8H14N2O2. The molecule has 0 unspecified atom stereocenters. The minimum Gasteiger partial charge on any atom is -0.465 e. The predicted molar refractivity (Wildman–Crippen MR) is 43.9 cm³/mol. The average Bonchev–Trinajstić information content (AvgIpc) is 2.31. The summed E-state index contributed by atoms with van der Waals surface area (Å²) in [5.41, 5.74) is 5.95. The number of rotatable bonds is 0. The number of amides is 1. The molecule has 1 saturated carbocycles. The molecule has 2 rings (SSSR count). The molecule has 1 amide bonds. The van der Waals surface area contributed by atoms with Gasteiger partial charge in [-0.15, -0.1) is 0 Å². The fraction of sp³-hybridized carbons (Fsp3) is 0.875. The van der Waals surface area contributed by atoms with Crippen LogP contribution in [0.4, 0.5) is 4.79 Å². The van der Waals surface area contributed by atoms with Gasteiger partial charge < -0.3 is 15.7 Å². The number of carboxylic acid groups (broad SMARTS) is 1. The molecule has 0 bridgehead atoms. The molecule has 0 atom stereocenters. The lowest BCUT2D eigenvalue weighted by Crippen LogP contribution is -2.47. The summed E-state index contributed by atoms with van der Waals surface area (Å²) in [6, 6.07) is 0.318. The molecule has 4 heteroatoms. The predicted octanol–water partition coefficient (Wildman–Crippen LogP) is 0.478. The van der Waals surface area contributed by atoms with E-state index in [0.717, 1.165) is 19.3 Å². The molecular weight excluding hydrogens is 156 g/mol. The third-order valence-corrected chi connectivity index (χ3v) is 3.10. The lowest BCUT2D eigenvalue weighted by Gasteiger charge is -2.43. The number of hydrogen-bond acceptors (Lipinski definition) is 2. The number of nitrogens with zero attached hydrogens (tertiary/aromatic N) is 1. The van der Waals surface area contributed by atoms with Gasteiger partial charge in [-0.3, -0.25) is 0 Å². The van der Waals surface area contributed by atoms with Crippen molar-refractivity contribution in [1.82, 2.24) is 4.90 Å². The molecule has 1 saturated heterocycles. The van der Waals surface area contributed by atoms with Gasteiger partial charge >= 0.3 is 6.09 Å². The summed E-state index contributed by atoms with van der Waals surface area (Å²) in [7, 11) is 0. The Labute approximate surface area is 71.3 Å². The topological polar surface area (TPSA) is 66.6 Å². The van der Waals surface area contributed by atoms with Gasteiger partial charge in [0.15, 0.2) is 0 Å². The molecule has 2 aliphatic rings. The van der Waals surface area contributed by atoms with Gasteiger partial charge in [0.1, 0.15) is 0 Å². The first kappa shape index (κ1) is 7.86. The number of hydrogen-bond donors (Lipinski definition) is 2. The van der Waals surface area contributed by atoms with Gasteiger partial charge in [-0.05, 0) is 24.7 Å². The Morgan fingerprint density at radius 1 is 1.58 bits per heavy atom. The summed E-state index contributed by atoms with van der Waals surface area (Å²) >= 11 is 0. The van der Waals surface area contributed by atoms with Gasteiger partial charge in [0.05, 0.1) is 0 Å². The summed E-state index contributed by atoms with van der Waals surface area (Å²) in [6.07, 6.45) is 2.24. The molecule has 1 aliphatic heterocycles. The molecule has 2 fully saturated rings. The van der Waals surface area contributed by atoms with Crippen molar-refractivity contribution in [2.45, 2.75) is 25.3 Å². The molecule has 1 heterocycles. The van der Waals surface area contributed by atoms with Crippen LogP contribution in [-0.2, 0) is 0 Å². The van der Waals surface area contributed by atoms with Crippen LogP contribution in [0, 0.1) is 5.41 Å². The first-order valence-electron chi connectivity index (χ1n) is 4.35. The molecule has 0 aromatic carbocycles. The first-order chi connectivity index (χ1) is 5.61. The number of nitrogens with two attached hydrogens (primary N) is 1. The zero-order valence-electron chi connectivity index (χ0n) is 6.99. The third-order valence-electron chi connectivity index (χ3n) is 3.10. The minimum absolute atomic E-state index is 0.262. The molecule has 1 spiro atoms. The molecule has 0 aromatic heterocycles. The van der Waals surface area contributed by atoms with Gasteiger partial charge in [0, 0.05) is 19.1 Å². The zero-order valence-corrected chi connectivity index (χ0v) is 6.99. The molecule has 4 nitrogen and oxygen atoms in total. The minimum atomic E-state index is -0.785. The van der Waals surface area contributed by atoms with Crippen LogP contribution in [-0.4, -0.2) is 35.2 Å². The van der Waals surface area contributed by atoms with E-state index in [9.17, 15) is 4.79 Å². The van der Waals surface area contributed by atoms with Gasteiger partial charge in [-0.1, -0.05) is 0 Å². The summed E-state index contributed by atoms with van der Waals surface area (Å²) in [5, 5.41) is 8.73. The van der Waals surface area contributed by atoms with Crippen molar-refractivity contribution in [3.8, 4) is 0 Å². The van der Waals surface area contributed by atoms with Gasteiger partial charge in [-0.2, -0.15) is 0 Å². The Hall–Kier alpha value is -0.770. The molecule has 1 aliphatic carbocycles. The SMILES string of the molecule is NC1CC2(CCN(C(=O)O)C2)C1. The van der Waals surface area contributed by atoms with E-state index in [1.165, 1.54) is 4.90 Å². The summed E-state index contributed by atoms with van der Waals surface area (Å²) in [6.45, 7) is 1.40. The Bertz CT molecular complexity index is 211. The normalized spacial score (nSPS) is 40.1. The van der Waals surface area contributed by atoms with E-state index in [-0.39, 0.29) is 5.41 Å². The van der Waals surface area contributed by atoms with Crippen molar-refractivity contribution in [2.75, 3.05) is 13.1 Å².